The average molecular weight is 212 g/mol. The zero-order valence-corrected chi connectivity index (χ0v) is 8.63. The highest BCUT2D eigenvalue weighted by atomic mass is 19.3. The van der Waals surface area contributed by atoms with Crippen molar-refractivity contribution in [3.05, 3.63) is 23.8 Å². The van der Waals surface area contributed by atoms with Crippen LogP contribution in [0.1, 0.15) is 12.5 Å². The lowest BCUT2D eigenvalue weighted by molar-refractivity contribution is 0.0303. The van der Waals surface area contributed by atoms with Gasteiger partial charge in [0.15, 0.2) is 0 Å². The van der Waals surface area contributed by atoms with Crippen LogP contribution in [0.4, 0.5) is 20.2 Å². The average Bonchev–Trinajstić information content (AvgIpc) is 2.45. The molecule has 2 nitrogen and oxygen atoms in total. The molecule has 1 aliphatic heterocycles. The standard InChI is InChI=1S/C11H14F2N2/c1-11(12,13)7-15-5-4-8-6-9(14)2-3-10(8)15/h2-3,6H,4-5,7,14H2,1H3. The van der Waals surface area contributed by atoms with Crippen LogP contribution in [0.5, 0.6) is 0 Å². The van der Waals surface area contributed by atoms with Gasteiger partial charge in [-0.1, -0.05) is 0 Å². The SMILES string of the molecule is CC(F)(F)CN1CCc2cc(N)ccc21. The van der Waals surface area contributed by atoms with E-state index in [1.165, 1.54) is 0 Å². The molecule has 82 valence electrons. The van der Waals surface area contributed by atoms with Gasteiger partial charge in [0, 0.05) is 24.8 Å². The molecule has 0 atom stereocenters. The predicted octanol–water partition coefficient (Wildman–Crippen LogP) is 2.29. The fraction of sp³-hybridized carbons (Fsp3) is 0.455. The van der Waals surface area contributed by atoms with Crippen molar-refractivity contribution in [2.75, 3.05) is 23.7 Å². The summed E-state index contributed by atoms with van der Waals surface area (Å²) in [5, 5.41) is 0. The van der Waals surface area contributed by atoms with Gasteiger partial charge in [-0.05, 0) is 30.2 Å². The summed E-state index contributed by atoms with van der Waals surface area (Å²) < 4.78 is 25.8. The van der Waals surface area contributed by atoms with E-state index in [0.717, 1.165) is 24.6 Å². The monoisotopic (exact) mass is 212 g/mol. The molecule has 0 saturated heterocycles. The van der Waals surface area contributed by atoms with Crippen LogP contribution in [-0.4, -0.2) is 19.0 Å². The maximum absolute atomic E-state index is 12.9. The van der Waals surface area contributed by atoms with E-state index in [1.54, 1.807) is 11.0 Å². The molecule has 2 N–H and O–H groups in total. The molecule has 15 heavy (non-hydrogen) atoms. The number of alkyl halides is 2. The molecule has 0 aromatic heterocycles. The van der Waals surface area contributed by atoms with E-state index in [4.69, 9.17) is 5.73 Å². The van der Waals surface area contributed by atoms with Crippen LogP contribution < -0.4 is 10.6 Å². The first kappa shape index (κ1) is 10.2. The molecule has 0 saturated carbocycles. The van der Waals surface area contributed by atoms with Crippen molar-refractivity contribution in [3.8, 4) is 0 Å². The minimum absolute atomic E-state index is 0.218. The molecule has 1 heterocycles. The summed E-state index contributed by atoms with van der Waals surface area (Å²) in [5.74, 6) is -2.65. The molecule has 0 aliphatic carbocycles. The summed E-state index contributed by atoms with van der Waals surface area (Å²) in [6.07, 6.45) is 0.802. The van der Waals surface area contributed by atoms with Gasteiger partial charge in [-0.15, -0.1) is 0 Å². The molecule has 0 unspecified atom stereocenters. The van der Waals surface area contributed by atoms with E-state index in [2.05, 4.69) is 0 Å². The molecular weight excluding hydrogens is 198 g/mol. The van der Waals surface area contributed by atoms with E-state index in [1.807, 2.05) is 12.1 Å². The van der Waals surface area contributed by atoms with Gasteiger partial charge in [0.2, 0.25) is 0 Å². The third-order valence-corrected chi connectivity index (χ3v) is 2.56. The van der Waals surface area contributed by atoms with Crippen LogP contribution in [0, 0.1) is 0 Å². The first-order chi connectivity index (χ1) is 6.96. The van der Waals surface area contributed by atoms with E-state index < -0.39 is 5.92 Å². The smallest absolute Gasteiger partial charge is 0.262 e. The summed E-state index contributed by atoms with van der Waals surface area (Å²) in [4.78, 5) is 1.72. The summed E-state index contributed by atoms with van der Waals surface area (Å²) in [7, 11) is 0. The van der Waals surface area contributed by atoms with Gasteiger partial charge in [0.25, 0.3) is 5.92 Å². The van der Waals surface area contributed by atoms with Crippen LogP contribution in [0.15, 0.2) is 18.2 Å². The van der Waals surface area contributed by atoms with Crippen molar-refractivity contribution >= 4 is 11.4 Å². The topological polar surface area (TPSA) is 29.3 Å². The van der Waals surface area contributed by atoms with E-state index in [9.17, 15) is 8.78 Å². The third kappa shape index (κ3) is 2.19. The molecule has 0 radical (unpaired) electrons. The number of halogens is 2. The van der Waals surface area contributed by atoms with Crippen LogP contribution in [0.2, 0.25) is 0 Å². The van der Waals surface area contributed by atoms with E-state index in [0.29, 0.717) is 12.2 Å². The molecule has 0 spiro atoms. The van der Waals surface area contributed by atoms with Crippen molar-refractivity contribution in [1.29, 1.82) is 0 Å². The number of nitrogens with zero attached hydrogens (tertiary/aromatic N) is 1. The zero-order chi connectivity index (χ0) is 11.1. The Kier molecular flexibility index (Phi) is 2.29. The summed E-state index contributed by atoms with van der Waals surface area (Å²) in [6, 6.07) is 5.44. The van der Waals surface area contributed by atoms with Gasteiger partial charge in [0.05, 0.1) is 6.54 Å². The van der Waals surface area contributed by atoms with Crippen molar-refractivity contribution < 1.29 is 8.78 Å². The molecule has 1 aliphatic rings. The largest absolute Gasteiger partial charge is 0.399 e. The first-order valence-electron chi connectivity index (χ1n) is 4.97. The Morgan fingerprint density at radius 1 is 1.47 bits per heavy atom. The minimum Gasteiger partial charge on any atom is -0.399 e. The van der Waals surface area contributed by atoms with Gasteiger partial charge < -0.3 is 10.6 Å². The summed E-state index contributed by atoms with van der Waals surface area (Å²) in [5.41, 5.74) is 8.29. The summed E-state index contributed by atoms with van der Waals surface area (Å²) in [6.45, 7) is 1.38. The molecule has 0 amide bonds. The van der Waals surface area contributed by atoms with Crippen LogP contribution in [-0.2, 0) is 6.42 Å². The normalized spacial score (nSPS) is 15.5. The van der Waals surface area contributed by atoms with Gasteiger partial charge in [-0.2, -0.15) is 0 Å². The second-order valence-electron chi connectivity index (χ2n) is 4.13. The number of fused-ring (bicyclic) bond motifs is 1. The Bertz CT molecular complexity index is 371. The summed E-state index contributed by atoms with van der Waals surface area (Å²) >= 11 is 0. The van der Waals surface area contributed by atoms with Crippen LogP contribution >= 0.6 is 0 Å². The second kappa shape index (κ2) is 3.36. The Morgan fingerprint density at radius 2 is 2.20 bits per heavy atom. The molecular formula is C11H14F2N2. The number of rotatable bonds is 2. The lowest BCUT2D eigenvalue weighted by atomic mass is 10.1. The van der Waals surface area contributed by atoms with Gasteiger partial charge in [-0.3, -0.25) is 0 Å². The molecule has 1 aromatic carbocycles. The lowest BCUT2D eigenvalue weighted by Gasteiger charge is -2.23. The highest BCUT2D eigenvalue weighted by molar-refractivity contribution is 5.63. The Balaban J connectivity index is 2.22. The molecule has 4 heteroatoms. The van der Waals surface area contributed by atoms with E-state index in [-0.39, 0.29) is 6.54 Å². The maximum Gasteiger partial charge on any atom is 0.262 e. The second-order valence-corrected chi connectivity index (χ2v) is 4.13. The van der Waals surface area contributed by atoms with Gasteiger partial charge in [0.1, 0.15) is 0 Å². The van der Waals surface area contributed by atoms with E-state index >= 15 is 0 Å². The Labute approximate surface area is 87.7 Å². The number of hydrogen-bond donors (Lipinski definition) is 1. The first-order valence-corrected chi connectivity index (χ1v) is 4.97. The lowest BCUT2D eigenvalue weighted by Crippen LogP contribution is -2.33. The van der Waals surface area contributed by atoms with Crippen molar-refractivity contribution in [2.24, 2.45) is 0 Å². The highest BCUT2D eigenvalue weighted by Gasteiger charge is 2.29. The zero-order valence-electron chi connectivity index (χ0n) is 8.63. The molecule has 0 bridgehead atoms. The number of benzene rings is 1. The Morgan fingerprint density at radius 3 is 2.87 bits per heavy atom. The van der Waals surface area contributed by atoms with Crippen LogP contribution in [0.3, 0.4) is 0 Å². The van der Waals surface area contributed by atoms with Crippen molar-refractivity contribution in [2.45, 2.75) is 19.3 Å². The number of nitrogen functional groups attached to an aromatic ring is 1. The fourth-order valence-electron chi connectivity index (χ4n) is 1.99. The molecule has 1 aromatic rings. The highest BCUT2D eigenvalue weighted by Crippen LogP contribution is 2.31. The maximum atomic E-state index is 12.9. The number of anilines is 2. The third-order valence-electron chi connectivity index (χ3n) is 2.56. The van der Waals surface area contributed by atoms with Gasteiger partial charge in [-0.25, -0.2) is 8.78 Å². The quantitative estimate of drug-likeness (QED) is 0.762. The Hall–Kier alpha value is -1.32. The van der Waals surface area contributed by atoms with Crippen LogP contribution in [0.25, 0.3) is 0 Å². The predicted molar refractivity (Wildman–Crippen MR) is 57.4 cm³/mol. The molecule has 0 fully saturated rings. The number of nitrogens with two attached hydrogens (primary N) is 1. The van der Waals surface area contributed by atoms with Crippen molar-refractivity contribution in [3.63, 3.8) is 0 Å². The fourth-order valence-corrected chi connectivity index (χ4v) is 1.99. The minimum atomic E-state index is -2.65. The molecule has 2 rings (SSSR count). The number of hydrogen-bond acceptors (Lipinski definition) is 2. The van der Waals surface area contributed by atoms with Gasteiger partial charge >= 0.3 is 0 Å². The van der Waals surface area contributed by atoms with Crippen molar-refractivity contribution in [1.82, 2.24) is 0 Å².